The number of hydrogen-bond acceptors (Lipinski definition) is 6. The first kappa shape index (κ1) is 14.9. The van der Waals surface area contributed by atoms with E-state index in [1.54, 1.807) is 6.92 Å². The molecule has 1 aromatic carbocycles. The summed E-state index contributed by atoms with van der Waals surface area (Å²) in [6, 6.07) is 7.40. The third kappa shape index (κ3) is 3.09. The maximum atomic E-state index is 12.0. The van der Waals surface area contributed by atoms with Gasteiger partial charge >= 0.3 is 11.9 Å². The Labute approximate surface area is 131 Å². The highest BCUT2D eigenvalue weighted by atomic mass is 32.2. The molecule has 0 bridgehead atoms. The molecule has 22 heavy (non-hydrogen) atoms. The van der Waals surface area contributed by atoms with Crippen molar-refractivity contribution >= 4 is 35.3 Å². The van der Waals surface area contributed by atoms with Gasteiger partial charge in [0, 0.05) is 11.3 Å². The van der Waals surface area contributed by atoms with Crippen LogP contribution in [0.15, 0.2) is 29.2 Å². The van der Waals surface area contributed by atoms with Crippen molar-refractivity contribution < 1.29 is 23.9 Å². The number of thioether (sulfide) groups is 1. The summed E-state index contributed by atoms with van der Waals surface area (Å²) < 4.78 is 10.1. The normalized spacial score (nSPS) is 26.9. The first-order chi connectivity index (χ1) is 10.5. The number of nitrogens with one attached hydrogen (secondary N) is 1. The fraction of sp³-hybridized carbons (Fsp3) is 0.400. The van der Waals surface area contributed by atoms with Gasteiger partial charge < -0.3 is 14.8 Å². The first-order valence-electron chi connectivity index (χ1n) is 6.99. The highest BCUT2D eigenvalue weighted by Gasteiger charge is 2.36. The smallest absolute Gasteiger partial charge is 0.347 e. The second-order valence-electron chi connectivity index (χ2n) is 5.26. The molecule has 1 N–H and O–H groups in total. The summed E-state index contributed by atoms with van der Waals surface area (Å²) in [7, 11) is 0. The van der Waals surface area contributed by atoms with Gasteiger partial charge in [-0.15, -0.1) is 11.8 Å². The van der Waals surface area contributed by atoms with Crippen molar-refractivity contribution in [3.8, 4) is 0 Å². The minimum Gasteiger partial charge on any atom is -0.460 e. The van der Waals surface area contributed by atoms with Crippen molar-refractivity contribution in [1.82, 2.24) is 0 Å². The molecule has 2 aliphatic rings. The zero-order valence-electron chi connectivity index (χ0n) is 11.9. The van der Waals surface area contributed by atoms with E-state index in [1.165, 1.54) is 11.8 Å². The molecular formula is C15H15NO5S. The third-order valence-corrected chi connectivity index (χ3v) is 4.73. The van der Waals surface area contributed by atoms with E-state index < -0.39 is 23.3 Å². The van der Waals surface area contributed by atoms with E-state index in [1.807, 2.05) is 24.3 Å². The average molecular weight is 321 g/mol. The Bertz CT molecular complexity index is 632. The van der Waals surface area contributed by atoms with Crippen LogP contribution in [0.2, 0.25) is 0 Å². The fourth-order valence-electron chi connectivity index (χ4n) is 2.40. The Kier molecular flexibility index (Phi) is 4.06. The number of para-hydroxylation sites is 1. The molecule has 3 atom stereocenters. The Hall–Kier alpha value is -2.02. The lowest BCUT2D eigenvalue weighted by Crippen LogP contribution is -2.33. The van der Waals surface area contributed by atoms with E-state index >= 15 is 0 Å². The molecule has 0 saturated carbocycles. The lowest BCUT2D eigenvalue weighted by molar-refractivity contribution is -0.161. The zero-order valence-corrected chi connectivity index (χ0v) is 12.7. The van der Waals surface area contributed by atoms with E-state index in [0.717, 1.165) is 10.6 Å². The van der Waals surface area contributed by atoms with Crippen LogP contribution in [0.5, 0.6) is 0 Å². The topological polar surface area (TPSA) is 81.7 Å². The van der Waals surface area contributed by atoms with Crippen molar-refractivity contribution in [3.05, 3.63) is 24.3 Å². The molecule has 1 aromatic rings. The Balaban J connectivity index is 1.60. The highest BCUT2D eigenvalue weighted by molar-refractivity contribution is 8.01. The van der Waals surface area contributed by atoms with Crippen LogP contribution in [-0.2, 0) is 23.9 Å². The van der Waals surface area contributed by atoms with Crippen molar-refractivity contribution in [1.29, 1.82) is 0 Å². The summed E-state index contributed by atoms with van der Waals surface area (Å²) in [6.07, 6.45) is -0.823. The third-order valence-electron chi connectivity index (χ3n) is 3.46. The van der Waals surface area contributed by atoms with Crippen LogP contribution in [0.25, 0.3) is 0 Å². The molecule has 6 nitrogen and oxygen atoms in total. The van der Waals surface area contributed by atoms with Crippen LogP contribution in [-0.4, -0.2) is 35.3 Å². The molecule has 0 aromatic heterocycles. The second kappa shape index (κ2) is 6.00. The maximum Gasteiger partial charge on any atom is 0.347 e. The van der Waals surface area contributed by atoms with Crippen molar-refractivity contribution in [2.75, 3.05) is 5.32 Å². The first-order valence-corrected chi connectivity index (χ1v) is 7.87. The minimum atomic E-state index is -0.855. The van der Waals surface area contributed by atoms with Gasteiger partial charge in [0.25, 0.3) is 0 Å². The SMILES string of the molecule is C[C@@H]1C[C@H](OC(=O)C[C@@H]2Sc3ccccc3NC2=O)C(=O)O1. The van der Waals surface area contributed by atoms with Crippen LogP contribution < -0.4 is 5.32 Å². The van der Waals surface area contributed by atoms with E-state index in [4.69, 9.17) is 9.47 Å². The van der Waals surface area contributed by atoms with Gasteiger partial charge in [0.2, 0.25) is 12.0 Å². The number of rotatable bonds is 3. The van der Waals surface area contributed by atoms with Crippen LogP contribution in [0, 0.1) is 0 Å². The predicted octanol–water partition coefficient (Wildman–Crippen LogP) is 1.74. The molecule has 116 valence electrons. The molecule has 0 aliphatic carbocycles. The van der Waals surface area contributed by atoms with Crippen molar-refractivity contribution in [3.63, 3.8) is 0 Å². The lowest BCUT2D eigenvalue weighted by Gasteiger charge is -2.23. The Morgan fingerprint density at radius 1 is 1.41 bits per heavy atom. The van der Waals surface area contributed by atoms with Crippen LogP contribution in [0.1, 0.15) is 19.8 Å². The Morgan fingerprint density at radius 3 is 2.91 bits per heavy atom. The Morgan fingerprint density at radius 2 is 2.18 bits per heavy atom. The van der Waals surface area contributed by atoms with Crippen LogP contribution in [0.4, 0.5) is 5.69 Å². The van der Waals surface area contributed by atoms with Gasteiger partial charge in [-0.1, -0.05) is 12.1 Å². The van der Waals surface area contributed by atoms with E-state index in [2.05, 4.69) is 5.32 Å². The number of cyclic esters (lactones) is 1. The summed E-state index contributed by atoms with van der Waals surface area (Å²) in [5.74, 6) is -1.32. The largest absolute Gasteiger partial charge is 0.460 e. The highest BCUT2D eigenvalue weighted by Crippen LogP contribution is 2.36. The maximum absolute atomic E-state index is 12.0. The number of amides is 1. The molecule has 1 amide bonds. The number of hydrogen-bond donors (Lipinski definition) is 1. The fourth-order valence-corrected chi connectivity index (χ4v) is 3.50. The van der Waals surface area contributed by atoms with Gasteiger partial charge in [-0.05, 0) is 19.1 Å². The number of ether oxygens (including phenoxy) is 2. The van der Waals surface area contributed by atoms with Crippen molar-refractivity contribution in [2.45, 2.75) is 42.1 Å². The monoisotopic (exact) mass is 321 g/mol. The van der Waals surface area contributed by atoms with E-state index in [9.17, 15) is 14.4 Å². The van der Waals surface area contributed by atoms with Gasteiger partial charge in [0.05, 0.1) is 17.4 Å². The number of carbonyl (C=O) groups is 3. The molecule has 7 heteroatoms. The molecule has 2 heterocycles. The second-order valence-corrected chi connectivity index (χ2v) is 6.50. The molecule has 2 aliphatic heterocycles. The number of fused-ring (bicyclic) bond motifs is 1. The quantitative estimate of drug-likeness (QED) is 0.854. The minimum absolute atomic E-state index is 0.0804. The molecule has 1 saturated heterocycles. The summed E-state index contributed by atoms with van der Waals surface area (Å²) >= 11 is 1.32. The molecule has 0 radical (unpaired) electrons. The number of benzene rings is 1. The average Bonchev–Trinajstić information content (AvgIpc) is 2.77. The molecule has 0 spiro atoms. The number of anilines is 1. The zero-order chi connectivity index (χ0) is 15.7. The summed E-state index contributed by atoms with van der Waals surface area (Å²) in [4.78, 5) is 36.3. The lowest BCUT2D eigenvalue weighted by atomic mass is 10.2. The van der Waals surface area contributed by atoms with Crippen LogP contribution >= 0.6 is 11.8 Å². The molecule has 1 fully saturated rings. The molecule has 3 rings (SSSR count). The number of carbonyl (C=O) groups excluding carboxylic acids is 3. The predicted molar refractivity (Wildman–Crippen MR) is 79.4 cm³/mol. The van der Waals surface area contributed by atoms with Gasteiger partial charge in [0.1, 0.15) is 6.10 Å². The van der Waals surface area contributed by atoms with Gasteiger partial charge in [-0.25, -0.2) is 4.79 Å². The molecule has 0 unspecified atom stereocenters. The van der Waals surface area contributed by atoms with E-state index in [-0.39, 0.29) is 18.4 Å². The number of esters is 2. The van der Waals surface area contributed by atoms with Gasteiger partial charge in [-0.3, -0.25) is 9.59 Å². The van der Waals surface area contributed by atoms with E-state index in [0.29, 0.717) is 6.42 Å². The van der Waals surface area contributed by atoms with Gasteiger partial charge in [-0.2, -0.15) is 0 Å². The van der Waals surface area contributed by atoms with Crippen LogP contribution in [0.3, 0.4) is 0 Å². The molecular weight excluding hydrogens is 306 g/mol. The summed E-state index contributed by atoms with van der Waals surface area (Å²) in [5, 5.41) is 2.21. The van der Waals surface area contributed by atoms with Gasteiger partial charge in [0.15, 0.2) is 0 Å². The summed E-state index contributed by atoms with van der Waals surface area (Å²) in [5.41, 5.74) is 0.746. The summed E-state index contributed by atoms with van der Waals surface area (Å²) in [6.45, 7) is 1.74. The standard InChI is InChI=1S/C15H15NO5S/c1-8-6-10(15(19)20-8)21-13(17)7-12-14(18)16-9-4-2-3-5-11(9)22-12/h2-5,8,10,12H,6-7H2,1H3,(H,16,18)/t8-,10+,12+/m1/s1. The van der Waals surface area contributed by atoms with Crippen molar-refractivity contribution in [2.24, 2.45) is 0 Å².